The highest BCUT2D eigenvalue weighted by Gasteiger charge is 2.19. The highest BCUT2D eigenvalue weighted by molar-refractivity contribution is 5.79. The molecule has 1 aliphatic rings. The number of ether oxygens (including phenoxy) is 2. The first-order chi connectivity index (χ1) is 12.5. The zero-order valence-electron chi connectivity index (χ0n) is 15.8. The number of benzene rings is 1. The van der Waals surface area contributed by atoms with E-state index in [0.717, 1.165) is 30.2 Å². The summed E-state index contributed by atoms with van der Waals surface area (Å²) in [6, 6.07) is 6.01. The second-order valence-corrected chi connectivity index (χ2v) is 7.16. The number of rotatable bonds is 5. The summed E-state index contributed by atoms with van der Waals surface area (Å²) < 4.78 is 16.5. The summed E-state index contributed by atoms with van der Waals surface area (Å²) in [5.41, 5.74) is 1.13. The van der Waals surface area contributed by atoms with Gasteiger partial charge in [0.2, 0.25) is 12.7 Å². The average Bonchev–Trinajstić information content (AvgIpc) is 3.26. The van der Waals surface area contributed by atoms with Crippen LogP contribution in [-0.4, -0.2) is 31.3 Å². The van der Waals surface area contributed by atoms with Gasteiger partial charge in [-0.2, -0.15) is 0 Å². The topological polar surface area (TPSA) is 80.9 Å². The van der Waals surface area contributed by atoms with Crippen molar-refractivity contribution >= 4 is 5.96 Å². The molecule has 0 unspecified atom stereocenters. The van der Waals surface area contributed by atoms with E-state index in [-0.39, 0.29) is 5.41 Å². The van der Waals surface area contributed by atoms with Gasteiger partial charge in [-0.15, -0.1) is 0 Å². The fourth-order valence-electron chi connectivity index (χ4n) is 2.54. The molecule has 26 heavy (non-hydrogen) atoms. The fraction of sp³-hybridized carbons (Fsp3) is 0.474. The SMILES string of the molecule is CN=C(NCCc1ccc2c(c1)OCO2)NCc1ncc(C(C)(C)C)o1. The maximum Gasteiger partial charge on any atom is 0.231 e. The third kappa shape index (κ3) is 4.47. The van der Waals surface area contributed by atoms with Crippen molar-refractivity contribution in [2.45, 2.75) is 39.2 Å². The summed E-state index contributed by atoms with van der Waals surface area (Å²) in [6.45, 7) is 7.83. The predicted octanol–water partition coefficient (Wildman–Crippen LogP) is 2.61. The molecule has 1 aromatic carbocycles. The van der Waals surface area contributed by atoms with Crippen LogP contribution in [0.5, 0.6) is 11.5 Å². The Bertz CT molecular complexity index is 777. The maximum absolute atomic E-state index is 5.78. The van der Waals surface area contributed by atoms with Crippen molar-refractivity contribution < 1.29 is 13.9 Å². The Hall–Kier alpha value is -2.70. The van der Waals surface area contributed by atoms with Gasteiger partial charge in [0.05, 0.1) is 12.7 Å². The second kappa shape index (κ2) is 7.68. The third-order valence-corrected chi connectivity index (χ3v) is 4.07. The van der Waals surface area contributed by atoms with Crippen LogP contribution in [0.2, 0.25) is 0 Å². The smallest absolute Gasteiger partial charge is 0.231 e. The molecule has 0 saturated heterocycles. The van der Waals surface area contributed by atoms with Crippen LogP contribution in [0, 0.1) is 0 Å². The number of fused-ring (bicyclic) bond motifs is 1. The molecule has 0 radical (unpaired) electrons. The number of oxazole rings is 1. The molecule has 140 valence electrons. The van der Waals surface area contributed by atoms with E-state index in [2.05, 4.69) is 41.4 Å². The normalized spacial score (nSPS) is 13.8. The first-order valence-corrected chi connectivity index (χ1v) is 8.74. The Morgan fingerprint density at radius 2 is 2.00 bits per heavy atom. The summed E-state index contributed by atoms with van der Waals surface area (Å²) in [4.78, 5) is 8.54. The largest absolute Gasteiger partial charge is 0.454 e. The number of nitrogens with zero attached hydrogens (tertiary/aromatic N) is 2. The Morgan fingerprint density at radius 3 is 2.73 bits per heavy atom. The number of aliphatic imine (C=N–C) groups is 1. The van der Waals surface area contributed by atoms with Crippen LogP contribution in [0.3, 0.4) is 0 Å². The first kappa shape index (κ1) is 18.1. The summed E-state index contributed by atoms with van der Waals surface area (Å²) in [7, 11) is 1.74. The fourth-order valence-corrected chi connectivity index (χ4v) is 2.54. The van der Waals surface area contributed by atoms with Crippen molar-refractivity contribution in [2.24, 2.45) is 4.99 Å². The summed E-state index contributed by atoms with van der Waals surface area (Å²) >= 11 is 0. The zero-order valence-corrected chi connectivity index (χ0v) is 15.8. The monoisotopic (exact) mass is 358 g/mol. The van der Waals surface area contributed by atoms with Crippen molar-refractivity contribution in [3.63, 3.8) is 0 Å². The molecule has 0 amide bonds. The minimum atomic E-state index is -0.0458. The number of aromatic nitrogens is 1. The van der Waals surface area contributed by atoms with E-state index in [1.54, 1.807) is 13.2 Å². The molecule has 1 aromatic heterocycles. The molecule has 0 fully saturated rings. The zero-order chi connectivity index (χ0) is 18.6. The Labute approximate surface area is 153 Å². The number of guanidine groups is 1. The van der Waals surface area contributed by atoms with Crippen LogP contribution < -0.4 is 20.1 Å². The number of hydrogen-bond donors (Lipinski definition) is 2. The molecule has 7 nitrogen and oxygen atoms in total. The quantitative estimate of drug-likeness (QED) is 0.632. The second-order valence-electron chi connectivity index (χ2n) is 7.16. The van der Waals surface area contributed by atoms with Gasteiger partial charge in [-0.3, -0.25) is 4.99 Å². The van der Waals surface area contributed by atoms with Crippen LogP contribution in [0.1, 0.15) is 38.0 Å². The van der Waals surface area contributed by atoms with Gasteiger partial charge in [-0.05, 0) is 24.1 Å². The molecule has 0 spiro atoms. The van der Waals surface area contributed by atoms with E-state index in [4.69, 9.17) is 13.9 Å². The van der Waals surface area contributed by atoms with Crippen LogP contribution in [0.15, 0.2) is 33.8 Å². The van der Waals surface area contributed by atoms with E-state index < -0.39 is 0 Å². The molecule has 0 aliphatic carbocycles. The Kier molecular flexibility index (Phi) is 5.35. The first-order valence-electron chi connectivity index (χ1n) is 8.74. The van der Waals surface area contributed by atoms with E-state index in [1.165, 1.54) is 5.56 Å². The van der Waals surface area contributed by atoms with E-state index in [9.17, 15) is 0 Å². The minimum absolute atomic E-state index is 0.0458. The van der Waals surface area contributed by atoms with Gasteiger partial charge in [0.15, 0.2) is 17.5 Å². The van der Waals surface area contributed by atoms with Crippen molar-refractivity contribution in [2.75, 3.05) is 20.4 Å². The van der Waals surface area contributed by atoms with Crippen LogP contribution in [0.25, 0.3) is 0 Å². The number of nitrogens with one attached hydrogen (secondary N) is 2. The minimum Gasteiger partial charge on any atom is -0.454 e. The van der Waals surface area contributed by atoms with Gasteiger partial charge in [0, 0.05) is 19.0 Å². The van der Waals surface area contributed by atoms with Gasteiger partial charge in [-0.25, -0.2) is 4.98 Å². The molecule has 1 aliphatic heterocycles. The molecule has 2 N–H and O–H groups in total. The van der Waals surface area contributed by atoms with Crippen LogP contribution in [0.4, 0.5) is 0 Å². The van der Waals surface area contributed by atoms with Gasteiger partial charge < -0.3 is 24.5 Å². The van der Waals surface area contributed by atoms with Crippen molar-refractivity contribution in [3.05, 3.63) is 41.6 Å². The van der Waals surface area contributed by atoms with E-state index >= 15 is 0 Å². The summed E-state index contributed by atoms with van der Waals surface area (Å²) in [5.74, 6) is 3.85. The highest BCUT2D eigenvalue weighted by atomic mass is 16.7. The average molecular weight is 358 g/mol. The van der Waals surface area contributed by atoms with Gasteiger partial charge >= 0.3 is 0 Å². The Balaban J connectivity index is 1.45. The molecule has 0 atom stereocenters. The molecular formula is C19H26N4O3. The lowest BCUT2D eigenvalue weighted by atomic mass is 9.94. The lowest BCUT2D eigenvalue weighted by Crippen LogP contribution is -2.37. The van der Waals surface area contributed by atoms with Gasteiger partial charge in [-0.1, -0.05) is 26.8 Å². The molecule has 0 bridgehead atoms. The lowest BCUT2D eigenvalue weighted by molar-refractivity contribution is 0.174. The highest BCUT2D eigenvalue weighted by Crippen LogP contribution is 2.32. The maximum atomic E-state index is 5.78. The standard InChI is InChI=1S/C19H26N4O3/c1-19(2,3)16-10-22-17(26-16)11-23-18(20-4)21-8-7-13-5-6-14-15(9-13)25-12-24-14/h5-6,9-10H,7-8,11-12H2,1-4H3,(H2,20,21,23). The molecular weight excluding hydrogens is 332 g/mol. The molecule has 0 saturated carbocycles. The molecule has 2 heterocycles. The van der Waals surface area contributed by atoms with Crippen molar-refractivity contribution in [1.29, 1.82) is 0 Å². The molecule has 7 heteroatoms. The van der Waals surface area contributed by atoms with E-state index in [1.807, 2.05) is 18.2 Å². The van der Waals surface area contributed by atoms with Crippen molar-refractivity contribution in [1.82, 2.24) is 15.6 Å². The van der Waals surface area contributed by atoms with Gasteiger partial charge in [0.25, 0.3) is 0 Å². The van der Waals surface area contributed by atoms with Crippen LogP contribution in [-0.2, 0) is 18.4 Å². The number of hydrogen-bond acceptors (Lipinski definition) is 5. The summed E-state index contributed by atoms with van der Waals surface area (Å²) in [6.07, 6.45) is 2.64. The Morgan fingerprint density at radius 1 is 1.19 bits per heavy atom. The lowest BCUT2D eigenvalue weighted by Gasteiger charge is -2.13. The van der Waals surface area contributed by atoms with Crippen molar-refractivity contribution in [3.8, 4) is 11.5 Å². The van der Waals surface area contributed by atoms with E-state index in [0.29, 0.717) is 25.2 Å². The molecule has 2 aromatic rings. The van der Waals surface area contributed by atoms with Gasteiger partial charge in [0.1, 0.15) is 5.76 Å². The predicted molar refractivity (Wildman–Crippen MR) is 99.7 cm³/mol. The van der Waals surface area contributed by atoms with Crippen LogP contribution >= 0.6 is 0 Å². The third-order valence-electron chi connectivity index (χ3n) is 4.07. The summed E-state index contributed by atoms with van der Waals surface area (Å²) in [5, 5.41) is 6.51. The molecule has 3 rings (SSSR count).